The Labute approximate surface area is 163 Å². The highest BCUT2D eigenvalue weighted by atomic mass is 35.5. The van der Waals surface area contributed by atoms with Crippen molar-refractivity contribution >= 4 is 34.6 Å². The summed E-state index contributed by atoms with van der Waals surface area (Å²) in [5.74, 6) is -0.0210. The molecule has 0 aliphatic carbocycles. The van der Waals surface area contributed by atoms with Gasteiger partial charge in [0.15, 0.2) is 0 Å². The summed E-state index contributed by atoms with van der Waals surface area (Å²) >= 11 is 6.00. The maximum atomic E-state index is 14.5. The van der Waals surface area contributed by atoms with Crippen molar-refractivity contribution in [3.8, 4) is 0 Å². The molecule has 0 spiro atoms. The first-order valence-electron chi connectivity index (χ1n) is 8.50. The molecule has 0 bridgehead atoms. The molecule has 4 rings (SSSR count). The summed E-state index contributed by atoms with van der Waals surface area (Å²) in [5.41, 5.74) is -1.36. The van der Waals surface area contributed by atoms with E-state index in [2.05, 4.69) is 16.0 Å². The maximum absolute atomic E-state index is 14.5. The number of carbonyl (C=O) groups excluding carboxylic acids is 1. The zero-order valence-corrected chi connectivity index (χ0v) is 15.7. The molecule has 0 saturated carbocycles. The number of anilines is 3. The summed E-state index contributed by atoms with van der Waals surface area (Å²) in [6.45, 7) is 3.70. The van der Waals surface area contributed by atoms with Crippen molar-refractivity contribution in [1.29, 1.82) is 0 Å². The summed E-state index contributed by atoms with van der Waals surface area (Å²) in [5, 5.41) is 8.21. The summed E-state index contributed by atoms with van der Waals surface area (Å²) in [6.07, 6.45) is 0. The lowest BCUT2D eigenvalue weighted by Crippen LogP contribution is -2.37. The SMILES string of the molecule is Cc1ccc([C@@H](C)Nc2c(Nc3c(F)cc(Cl)c4c3C(=O)NC4)c(=O)c2=O)o1. The number of carbonyl (C=O) groups is 1. The summed E-state index contributed by atoms with van der Waals surface area (Å²) < 4.78 is 20.0. The second-order valence-corrected chi connectivity index (χ2v) is 7.01. The van der Waals surface area contributed by atoms with Crippen LogP contribution in [-0.2, 0) is 6.54 Å². The van der Waals surface area contributed by atoms with E-state index in [4.69, 9.17) is 16.0 Å². The number of benzene rings is 1. The van der Waals surface area contributed by atoms with E-state index in [9.17, 15) is 18.8 Å². The second-order valence-electron chi connectivity index (χ2n) is 6.60. The lowest BCUT2D eigenvalue weighted by atomic mass is 10.1. The third kappa shape index (κ3) is 2.77. The van der Waals surface area contributed by atoms with Crippen LogP contribution in [0.2, 0.25) is 5.02 Å². The molecule has 144 valence electrons. The molecule has 0 saturated heterocycles. The van der Waals surface area contributed by atoms with Gasteiger partial charge in [0.25, 0.3) is 16.8 Å². The van der Waals surface area contributed by atoms with Crippen molar-refractivity contribution in [3.05, 3.63) is 72.1 Å². The predicted molar refractivity (Wildman–Crippen MR) is 103 cm³/mol. The molecular weight excluding hydrogens is 389 g/mol. The molecule has 1 aliphatic heterocycles. The molecule has 0 unspecified atom stereocenters. The zero-order chi connectivity index (χ0) is 20.2. The van der Waals surface area contributed by atoms with E-state index in [0.717, 1.165) is 6.07 Å². The Morgan fingerprint density at radius 3 is 2.57 bits per heavy atom. The third-order valence-corrected chi connectivity index (χ3v) is 5.03. The van der Waals surface area contributed by atoms with Gasteiger partial charge in [0.2, 0.25) is 0 Å². The Bertz CT molecular complexity index is 1190. The minimum Gasteiger partial charge on any atom is -0.464 e. The van der Waals surface area contributed by atoms with E-state index < -0.39 is 28.6 Å². The molecule has 28 heavy (non-hydrogen) atoms. The molecule has 7 nitrogen and oxygen atoms in total. The van der Waals surface area contributed by atoms with Crippen molar-refractivity contribution in [2.45, 2.75) is 26.4 Å². The maximum Gasteiger partial charge on any atom is 0.254 e. The molecule has 1 atom stereocenters. The Morgan fingerprint density at radius 1 is 1.18 bits per heavy atom. The second kappa shape index (κ2) is 6.49. The van der Waals surface area contributed by atoms with Crippen LogP contribution < -0.4 is 26.8 Å². The number of halogens is 2. The fourth-order valence-corrected chi connectivity index (χ4v) is 3.47. The van der Waals surface area contributed by atoms with Crippen molar-refractivity contribution in [2.75, 3.05) is 10.6 Å². The zero-order valence-electron chi connectivity index (χ0n) is 14.9. The van der Waals surface area contributed by atoms with E-state index in [0.29, 0.717) is 17.1 Å². The first-order valence-corrected chi connectivity index (χ1v) is 8.88. The standard InChI is InChI=1S/C19H15ClFN3O4/c1-7-3-4-12(28-7)8(2)23-15-16(18(26)17(15)25)24-14-11(21)5-10(20)9-6-22-19(27)13(9)14/h3-5,8,23-24H,6H2,1-2H3,(H,22,27)/t8-/m1/s1. The van der Waals surface area contributed by atoms with Gasteiger partial charge in [0.05, 0.1) is 17.3 Å². The van der Waals surface area contributed by atoms with Crippen LogP contribution in [0.4, 0.5) is 21.5 Å². The quantitative estimate of drug-likeness (QED) is 0.566. The van der Waals surface area contributed by atoms with Crippen molar-refractivity contribution in [3.63, 3.8) is 0 Å². The van der Waals surface area contributed by atoms with E-state index in [1.807, 2.05) is 0 Å². The molecule has 1 aromatic heterocycles. The van der Waals surface area contributed by atoms with Gasteiger partial charge in [0.1, 0.15) is 28.7 Å². The van der Waals surface area contributed by atoms with E-state index in [1.54, 1.807) is 26.0 Å². The van der Waals surface area contributed by atoms with Crippen LogP contribution in [0.5, 0.6) is 0 Å². The number of aryl methyl sites for hydroxylation is 1. The van der Waals surface area contributed by atoms with Gasteiger partial charge < -0.3 is 20.4 Å². The number of amides is 1. The highest BCUT2D eigenvalue weighted by Gasteiger charge is 2.31. The van der Waals surface area contributed by atoms with Crippen LogP contribution in [-0.4, -0.2) is 5.91 Å². The summed E-state index contributed by atoms with van der Waals surface area (Å²) in [7, 11) is 0. The smallest absolute Gasteiger partial charge is 0.254 e. The molecular formula is C19H15ClFN3O4. The minimum absolute atomic E-state index is 0.00746. The van der Waals surface area contributed by atoms with Crippen molar-refractivity contribution in [1.82, 2.24) is 5.32 Å². The van der Waals surface area contributed by atoms with E-state index >= 15 is 0 Å². The first kappa shape index (κ1) is 18.2. The number of hydrogen-bond acceptors (Lipinski definition) is 6. The number of nitrogens with one attached hydrogen (secondary N) is 3. The van der Waals surface area contributed by atoms with Gasteiger partial charge in [-0.25, -0.2) is 4.39 Å². The van der Waals surface area contributed by atoms with Gasteiger partial charge in [-0.2, -0.15) is 0 Å². The van der Waals surface area contributed by atoms with Crippen LogP contribution >= 0.6 is 11.6 Å². The Morgan fingerprint density at radius 2 is 1.89 bits per heavy atom. The van der Waals surface area contributed by atoms with Gasteiger partial charge in [-0.05, 0) is 32.0 Å². The average Bonchev–Trinajstić information content (AvgIpc) is 3.26. The molecule has 3 N–H and O–H groups in total. The average molecular weight is 404 g/mol. The van der Waals surface area contributed by atoms with Crippen LogP contribution in [0, 0.1) is 12.7 Å². The number of rotatable bonds is 5. The van der Waals surface area contributed by atoms with Crippen LogP contribution in [0.25, 0.3) is 0 Å². The largest absolute Gasteiger partial charge is 0.464 e. The Kier molecular flexibility index (Phi) is 4.23. The minimum atomic E-state index is -0.799. The molecule has 2 aromatic carbocycles. The molecule has 0 fully saturated rings. The van der Waals surface area contributed by atoms with Gasteiger partial charge in [-0.1, -0.05) is 11.6 Å². The number of fused-ring (bicyclic) bond motifs is 1. The normalized spacial score (nSPS) is 14.1. The number of hydrogen-bond donors (Lipinski definition) is 3. The van der Waals surface area contributed by atoms with Crippen LogP contribution in [0.3, 0.4) is 0 Å². The lowest BCUT2D eigenvalue weighted by molar-refractivity contribution is 0.0966. The van der Waals surface area contributed by atoms with E-state index in [-0.39, 0.29) is 34.2 Å². The Hall–Kier alpha value is -3.13. The Balaban J connectivity index is 1.69. The molecule has 9 heteroatoms. The fraction of sp³-hybridized carbons (Fsp3) is 0.211. The fourth-order valence-electron chi connectivity index (χ4n) is 3.21. The highest BCUT2D eigenvalue weighted by Crippen LogP contribution is 2.36. The number of furan rings is 1. The van der Waals surface area contributed by atoms with Gasteiger partial charge in [0, 0.05) is 17.1 Å². The molecule has 1 amide bonds. The van der Waals surface area contributed by atoms with Gasteiger partial charge in [-0.15, -0.1) is 0 Å². The molecule has 1 aliphatic rings. The predicted octanol–water partition coefficient (Wildman–Crippen LogP) is 3.14. The monoisotopic (exact) mass is 403 g/mol. The molecule has 0 radical (unpaired) electrons. The third-order valence-electron chi connectivity index (χ3n) is 4.69. The van der Waals surface area contributed by atoms with Crippen LogP contribution in [0.15, 0.2) is 32.2 Å². The summed E-state index contributed by atoms with van der Waals surface area (Å²) in [6, 6.07) is 4.19. The molecule has 3 aromatic rings. The molecule has 2 heterocycles. The van der Waals surface area contributed by atoms with Crippen molar-refractivity contribution in [2.24, 2.45) is 0 Å². The van der Waals surface area contributed by atoms with Gasteiger partial charge >= 0.3 is 0 Å². The first-order chi connectivity index (χ1) is 13.3. The topological polar surface area (TPSA) is 100 Å². The highest BCUT2D eigenvalue weighted by molar-refractivity contribution is 6.32. The van der Waals surface area contributed by atoms with Crippen LogP contribution in [0.1, 0.15) is 40.4 Å². The summed E-state index contributed by atoms with van der Waals surface area (Å²) in [4.78, 5) is 36.2. The lowest BCUT2D eigenvalue weighted by Gasteiger charge is -2.19. The van der Waals surface area contributed by atoms with E-state index in [1.165, 1.54) is 0 Å². The van der Waals surface area contributed by atoms with Crippen molar-refractivity contribution < 1.29 is 13.6 Å². The van der Waals surface area contributed by atoms with Gasteiger partial charge in [-0.3, -0.25) is 14.4 Å².